The zero-order valence-electron chi connectivity index (χ0n) is 13.9. The number of rotatable bonds is 6. The summed E-state index contributed by atoms with van der Waals surface area (Å²) in [6.45, 7) is 4.72. The number of amides is 1. The van der Waals surface area contributed by atoms with Crippen molar-refractivity contribution in [2.75, 3.05) is 6.54 Å². The number of carbonyl (C=O) groups is 1. The third kappa shape index (κ3) is 4.90. The third-order valence-electron chi connectivity index (χ3n) is 4.05. The number of carbonyl (C=O) groups excluding carboxylic acids is 1. The summed E-state index contributed by atoms with van der Waals surface area (Å²) in [5.41, 5.74) is 6.48. The molecule has 0 saturated carbocycles. The van der Waals surface area contributed by atoms with Crippen LogP contribution in [-0.4, -0.2) is 40.5 Å². The highest BCUT2D eigenvalue weighted by Gasteiger charge is 2.33. The first-order valence-electron chi connectivity index (χ1n) is 7.81. The molecule has 2 rings (SSSR count). The summed E-state index contributed by atoms with van der Waals surface area (Å²) in [4.78, 5) is 24.7. The first-order chi connectivity index (χ1) is 10.9. The molecular formula is C16H24ClN3O4. The van der Waals surface area contributed by atoms with Gasteiger partial charge in [-0.1, -0.05) is 12.1 Å². The first kappa shape index (κ1) is 20.3. The number of nitro groups is 1. The van der Waals surface area contributed by atoms with Crippen molar-refractivity contribution in [3.63, 3.8) is 0 Å². The van der Waals surface area contributed by atoms with E-state index in [0.29, 0.717) is 19.5 Å². The lowest BCUT2D eigenvalue weighted by Gasteiger charge is -2.29. The molecule has 0 spiro atoms. The van der Waals surface area contributed by atoms with Gasteiger partial charge in [0.15, 0.2) is 0 Å². The Morgan fingerprint density at radius 2 is 2.00 bits per heavy atom. The van der Waals surface area contributed by atoms with Gasteiger partial charge < -0.3 is 15.4 Å². The van der Waals surface area contributed by atoms with Crippen molar-refractivity contribution in [2.24, 2.45) is 5.73 Å². The quantitative estimate of drug-likeness (QED) is 0.622. The van der Waals surface area contributed by atoms with E-state index < -0.39 is 11.0 Å². The fourth-order valence-corrected chi connectivity index (χ4v) is 2.68. The van der Waals surface area contributed by atoms with Gasteiger partial charge in [0.25, 0.3) is 11.6 Å². The van der Waals surface area contributed by atoms with E-state index in [9.17, 15) is 14.9 Å². The highest BCUT2D eigenvalue weighted by molar-refractivity contribution is 5.85. The number of non-ortho nitro benzene ring substituents is 1. The molecule has 1 saturated heterocycles. The summed E-state index contributed by atoms with van der Waals surface area (Å²) in [6, 6.07) is 6.28. The third-order valence-corrected chi connectivity index (χ3v) is 4.05. The van der Waals surface area contributed by atoms with E-state index in [0.717, 1.165) is 12.0 Å². The highest BCUT2D eigenvalue weighted by Crippen LogP contribution is 2.23. The van der Waals surface area contributed by atoms with Crippen molar-refractivity contribution in [1.82, 2.24) is 4.90 Å². The van der Waals surface area contributed by atoms with Gasteiger partial charge in [0, 0.05) is 31.3 Å². The molecule has 8 heteroatoms. The molecule has 0 bridgehead atoms. The van der Waals surface area contributed by atoms with Crippen LogP contribution in [0.15, 0.2) is 24.3 Å². The average Bonchev–Trinajstić information content (AvgIpc) is 3.01. The SMILES string of the molecule is CC(C)N(Cc1ccc([N+](=O)[O-])cc1)C(=O)[C@@H]1CC[C@H](CN)O1.Cl. The van der Waals surface area contributed by atoms with Crippen molar-refractivity contribution in [3.05, 3.63) is 39.9 Å². The smallest absolute Gasteiger partial charge is 0.269 e. The molecule has 1 amide bonds. The van der Waals surface area contributed by atoms with Crippen LogP contribution in [0.4, 0.5) is 5.69 Å². The number of hydrogen-bond donors (Lipinski definition) is 1. The van der Waals surface area contributed by atoms with Gasteiger partial charge in [-0.15, -0.1) is 12.4 Å². The normalized spacial score (nSPS) is 19.8. The predicted molar refractivity (Wildman–Crippen MR) is 93.0 cm³/mol. The van der Waals surface area contributed by atoms with Crippen LogP contribution in [0.5, 0.6) is 0 Å². The van der Waals surface area contributed by atoms with Gasteiger partial charge in [-0.3, -0.25) is 14.9 Å². The largest absolute Gasteiger partial charge is 0.364 e. The first-order valence-corrected chi connectivity index (χ1v) is 7.81. The zero-order valence-corrected chi connectivity index (χ0v) is 14.7. The second-order valence-electron chi connectivity index (χ2n) is 6.04. The molecule has 0 unspecified atom stereocenters. The number of benzene rings is 1. The minimum atomic E-state index is -0.441. The van der Waals surface area contributed by atoms with Crippen LogP contribution in [0.3, 0.4) is 0 Å². The summed E-state index contributed by atoms with van der Waals surface area (Å²) >= 11 is 0. The molecule has 1 heterocycles. The maximum atomic E-state index is 12.7. The molecule has 7 nitrogen and oxygen atoms in total. The number of halogens is 1. The van der Waals surface area contributed by atoms with Crippen LogP contribution in [0.1, 0.15) is 32.3 Å². The number of ether oxygens (including phenoxy) is 1. The van der Waals surface area contributed by atoms with E-state index in [2.05, 4.69) is 0 Å². The predicted octanol–water partition coefficient (Wildman–Crippen LogP) is 2.26. The summed E-state index contributed by atoms with van der Waals surface area (Å²) in [7, 11) is 0. The van der Waals surface area contributed by atoms with Crippen LogP contribution < -0.4 is 5.73 Å². The molecule has 1 aliphatic heterocycles. The Hall–Kier alpha value is -1.70. The number of nitrogens with two attached hydrogens (primary N) is 1. The van der Waals surface area contributed by atoms with E-state index >= 15 is 0 Å². The van der Waals surface area contributed by atoms with Crippen molar-refractivity contribution >= 4 is 24.0 Å². The van der Waals surface area contributed by atoms with Gasteiger partial charge in [-0.05, 0) is 32.3 Å². The standard InChI is InChI=1S/C16H23N3O4.ClH/c1-11(2)18(16(20)15-8-7-14(9-17)23-15)10-12-3-5-13(6-4-12)19(21)22;/h3-6,11,14-15H,7-10,17H2,1-2H3;1H/t14-,15+;/m1./s1. The Bertz CT molecular complexity index is 565. The molecule has 134 valence electrons. The maximum Gasteiger partial charge on any atom is 0.269 e. The summed E-state index contributed by atoms with van der Waals surface area (Å²) in [5, 5.41) is 10.7. The average molecular weight is 358 g/mol. The van der Waals surface area contributed by atoms with E-state index in [-0.39, 0.29) is 36.1 Å². The van der Waals surface area contributed by atoms with Crippen molar-refractivity contribution in [1.29, 1.82) is 0 Å². The molecular weight excluding hydrogens is 334 g/mol. The fourth-order valence-electron chi connectivity index (χ4n) is 2.68. The van der Waals surface area contributed by atoms with Crippen molar-refractivity contribution < 1.29 is 14.5 Å². The van der Waals surface area contributed by atoms with Gasteiger partial charge in [-0.2, -0.15) is 0 Å². The molecule has 1 fully saturated rings. The maximum absolute atomic E-state index is 12.7. The molecule has 2 atom stereocenters. The minimum absolute atomic E-state index is 0. The number of hydrogen-bond acceptors (Lipinski definition) is 5. The van der Waals surface area contributed by atoms with Crippen LogP contribution in [0.25, 0.3) is 0 Å². The Morgan fingerprint density at radius 1 is 1.38 bits per heavy atom. The fraction of sp³-hybridized carbons (Fsp3) is 0.562. The zero-order chi connectivity index (χ0) is 17.0. The van der Waals surface area contributed by atoms with E-state index in [1.165, 1.54) is 12.1 Å². The molecule has 0 aliphatic carbocycles. The van der Waals surface area contributed by atoms with E-state index in [1.54, 1.807) is 17.0 Å². The lowest BCUT2D eigenvalue weighted by atomic mass is 10.1. The Balaban J connectivity index is 0.00000288. The molecule has 24 heavy (non-hydrogen) atoms. The lowest BCUT2D eigenvalue weighted by molar-refractivity contribution is -0.384. The molecule has 1 aliphatic rings. The van der Waals surface area contributed by atoms with Crippen LogP contribution >= 0.6 is 12.4 Å². The number of nitrogens with zero attached hydrogens (tertiary/aromatic N) is 2. The van der Waals surface area contributed by atoms with Crippen LogP contribution in [0, 0.1) is 10.1 Å². The molecule has 0 aromatic heterocycles. The summed E-state index contributed by atoms with van der Waals surface area (Å²) in [5.74, 6) is -0.0469. The molecule has 2 N–H and O–H groups in total. The Kier molecular flexibility index (Phi) is 7.59. The van der Waals surface area contributed by atoms with E-state index in [4.69, 9.17) is 10.5 Å². The second-order valence-corrected chi connectivity index (χ2v) is 6.04. The molecule has 0 radical (unpaired) electrons. The van der Waals surface area contributed by atoms with Gasteiger partial charge in [0.2, 0.25) is 0 Å². The van der Waals surface area contributed by atoms with Crippen LogP contribution in [0.2, 0.25) is 0 Å². The van der Waals surface area contributed by atoms with Gasteiger partial charge in [0.1, 0.15) is 6.10 Å². The van der Waals surface area contributed by atoms with Crippen LogP contribution in [-0.2, 0) is 16.1 Å². The minimum Gasteiger partial charge on any atom is -0.364 e. The number of nitro benzene ring substituents is 1. The second kappa shape index (κ2) is 8.96. The Morgan fingerprint density at radius 3 is 2.46 bits per heavy atom. The van der Waals surface area contributed by atoms with Crippen molar-refractivity contribution in [2.45, 2.75) is 51.5 Å². The summed E-state index contributed by atoms with van der Waals surface area (Å²) < 4.78 is 5.69. The Labute approximate surface area is 147 Å². The highest BCUT2D eigenvalue weighted by atomic mass is 35.5. The molecule has 1 aromatic rings. The topological polar surface area (TPSA) is 98.7 Å². The van der Waals surface area contributed by atoms with Gasteiger partial charge in [0.05, 0.1) is 11.0 Å². The van der Waals surface area contributed by atoms with Gasteiger partial charge >= 0.3 is 0 Å². The summed E-state index contributed by atoms with van der Waals surface area (Å²) in [6.07, 6.45) is 1.00. The van der Waals surface area contributed by atoms with Crippen molar-refractivity contribution in [3.8, 4) is 0 Å². The monoisotopic (exact) mass is 357 g/mol. The molecule has 1 aromatic carbocycles. The van der Waals surface area contributed by atoms with Gasteiger partial charge in [-0.25, -0.2) is 0 Å². The van der Waals surface area contributed by atoms with E-state index in [1.807, 2.05) is 13.8 Å². The lowest BCUT2D eigenvalue weighted by Crippen LogP contribution is -2.43.